The molecule has 0 spiro atoms. The molecular weight excluding hydrogens is 470 g/mol. The molecule has 0 radical (unpaired) electrons. The summed E-state index contributed by atoms with van der Waals surface area (Å²) >= 11 is 1.74. The number of aliphatic hydroxyl groups is 1. The Labute approximate surface area is 189 Å². The van der Waals surface area contributed by atoms with Crippen molar-refractivity contribution in [2.75, 3.05) is 6.61 Å². The van der Waals surface area contributed by atoms with Crippen molar-refractivity contribution in [2.45, 2.75) is 19.5 Å². The van der Waals surface area contributed by atoms with E-state index < -0.39 is 0 Å². The van der Waals surface area contributed by atoms with Gasteiger partial charge in [-0.15, -0.1) is 39.7 Å². The molecule has 0 aromatic heterocycles. The van der Waals surface area contributed by atoms with Crippen molar-refractivity contribution in [1.29, 1.82) is 0 Å². The van der Waals surface area contributed by atoms with Gasteiger partial charge in [-0.25, -0.2) is 12.1 Å². The van der Waals surface area contributed by atoms with E-state index in [4.69, 9.17) is 5.11 Å². The summed E-state index contributed by atoms with van der Waals surface area (Å²) in [6.07, 6.45) is 0.785. The second kappa shape index (κ2) is 14.3. The molecule has 0 saturated carbocycles. The first-order valence-corrected chi connectivity index (χ1v) is 14.7. The molecule has 5 heteroatoms. The molecule has 0 aliphatic heterocycles. The van der Waals surface area contributed by atoms with Gasteiger partial charge in [0.15, 0.2) is 0 Å². The Morgan fingerprint density at radius 2 is 1.33 bits per heavy atom. The van der Waals surface area contributed by atoms with Crippen LogP contribution in [0.2, 0.25) is 13.1 Å². The monoisotopic (exact) mass is 492 g/mol. The number of fused-ring (bicyclic) bond motifs is 3. The van der Waals surface area contributed by atoms with E-state index in [1.165, 1.54) is 27.1 Å². The number of benzene rings is 2. The largest absolute Gasteiger partial charge is 1.00 e. The van der Waals surface area contributed by atoms with Crippen LogP contribution in [-0.4, -0.2) is 17.1 Å². The quantitative estimate of drug-likeness (QED) is 0.293. The van der Waals surface area contributed by atoms with E-state index in [0.717, 1.165) is 6.42 Å². The molecule has 0 saturated heterocycles. The summed E-state index contributed by atoms with van der Waals surface area (Å²) in [6, 6.07) is 27.2. The van der Waals surface area contributed by atoms with Crippen molar-refractivity contribution < 1.29 is 53.3 Å². The molecule has 1 nitrogen and oxygen atoms in total. The first kappa shape index (κ1) is 26.3. The van der Waals surface area contributed by atoms with Crippen LogP contribution >= 0.6 is 0 Å². The van der Waals surface area contributed by atoms with E-state index in [1.807, 2.05) is 24.3 Å². The first-order valence-electron chi connectivity index (χ1n) is 8.48. The predicted molar refractivity (Wildman–Crippen MR) is 107 cm³/mol. The zero-order chi connectivity index (χ0) is 18.1. The van der Waals surface area contributed by atoms with Gasteiger partial charge in [-0.2, -0.15) is 17.7 Å². The third-order valence-electron chi connectivity index (χ3n) is 3.65. The molecule has 0 heterocycles. The SMILES string of the molecule is C[Si](C)=[Zr+2].OCCc1ccc[cH-]1.[Cl-].[Cl-].c1ccc2c(c1)[cH-]c1ccccc12. The second-order valence-electron chi connectivity index (χ2n) is 6.09. The molecule has 0 aliphatic carbocycles. The van der Waals surface area contributed by atoms with Gasteiger partial charge in [0.1, 0.15) is 0 Å². The maximum absolute atomic E-state index is 8.44. The summed E-state index contributed by atoms with van der Waals surface area (Å²) in [7, 11) is 0. The van der Waals surface area contributed by atoms with E-state index in [1.54, 1.807) is 23.3 Å². The number of halogens is 2. The van der Waals surface area contributed by atoms with Crippen LogP contribution < -0.4 is 24.8 Å². The van der Waals surface area contributed by atoms with Gasteiger partial charge >= 0.3 is 41.9 Å². The molecule has 142 valence electrons. The van der Waals surface area contributed by atoms with E-state index >= 15 is 0 Å². The average Bonchev–Trinajstić information content (AvgIpc) is 3.22. The fraction of sp³-hybridized carbons (Fsp3) is 0.182. The van der Waals surface area contributed by atoms with E-state index in [9.17, 15) is 0 Å². The summed E-state index contributed by atoms with van der Waals surface area (Å²) in [4.78, 5) is 0. The molecule has 0 amide bonds. The van der Waals surface area contributed by atoms with Crippen molar-refractivity contribution in [1.82, 2.24) is 0 Å². The van der Waals surface area contributed by atoms with Gasteiger partial charge in [0.25, 0.3) is 0 Å². The van der Waals surface area contributed by atoms with E-state index in [2.05, 4.69) is 67.7 Å². The number of hydrogen-bond acceptors (Lipinski definition) is 1. The summed E-state index contributed by atoms with van der Waals surface area (Å²) in [5.74, 6) is 0. The Morgan fingerprint density at radius 1 is 0.852 bits per heavy atom. The molecular formula is C22H24Cl2OSiZr-2. The van der Waals surface area contributed by atoms with Gasteiger partial charge < -0.3 is 29.9 Å². The van der Waals surface area contributed by atoms with Gasteiger partial charge in [0, 0.05) is 6.61 Å². The summed E-state index contributed by atoms with van der Waals surface area (Å²) in [6.45, 7) is 4.87. The minimum Gasteiger partial charge on any atom is -1.00 e. The fourth-order valence-electron chi connectivity index (χ4n) is 2.61. The molecule has 0 bridgehead atoms. The molecule has 4 aromatic carbocycles. The molecule has 0 unspecified atom stereocenters. The fourth-order valence-corrected chi connectivity index (χ4v) is 2.61. The Morgan fingerprint density at radius 3 is 1.74 bits per heavy atom. The van der Waals surface area contributed by atoms with Crippen LogP contribution in [0.25, 0.3) is 21.5 Å². The first-order chi connectivity index (χ1) is 12.1. The Bertz CT molecular complexity index is 862. The van der Waals surface area contributed by atoms with Crippen molar-refractivity contribution in [3.63, 3.8) is 0 Å². The van der Waals surface area contributed by atoms with Gasteiger partial charge in [0.2, 0.25) is 0 Å². The average molecular weight is 495 g/mol. The standard InChI is InChI=1S/C13H9.C7H9O.C2H6Si.2ClH.Zr/c1-3-7-12-10(5-1)9-11-6-2-4-8-13(11)12;8-6-5-7-3-1-2-4-7;1-3-2;;;/h1-9H;1-4,8H,5-6H2;1-2H3;2*1H;/q2*-1;;;;+2/p-2. The third-order valence-corrected chi connectivity index (χ3v) is 3.65. The van der Waals surface area contributed by atoms with Crippen LogP contribution in [-0.2, 0) is 29.8 Å². The second-order valence-corrected chi connectivity index (χ2v) is 15.5. The molecule has 0 aliphatic rings. The van der Waals surface area contributed by atoms with Crippen LogP contribution in [0.15, 0.2) is 78.9 Å². The Balaban J connectivity index is 0.000000422. The van der Waals surface area contributed by atoms with Crippen molar-refractivity contribution in [3.8, 4) is 0 Å². The smallest absolute Gasteiger partial charge is 0.0451 e. The topological polar surface area (TPSA) is 20.2 Å². The maximum Gasteiger partial charge on any atom is 0.0451 e. The van der Waals surface area contributed by atoms with Crippen LogP contribution in [0.3, 0.4) is 0 Å². The van der Waals surface area contributed by atoms with Crippen LogP contribution in [0.5, 0.6) is 0 Å². The zero-order valence-corrected chi connectivity index (χ0v) is 20.6. The normalized spacial score (nSPS) is 9.22. The van der Waals surface area contributed by atoms with Crippen molar-refractivity contribution in [2.24, 2.45) is 0 Å². The number of aliphatic hydroxyl groups excluding tert-OH is 1. The molecule has 4 aromatic rings. The van der Waals surface area contributed by atoms with Gasteiger partial charge in [0.05, 0.1) is 0 Å². The molecule has 4 rings (SSSR count). The molecule has 0 atom stereocenters. The Hall–Kier alpha value is -0.700. The third kappa shape index (κ3) is 8.89. The number of hydrogen-bond donors (Lipinski definition) is 1. The predicted octanol–water partition coefficient (Wildman–Crippen LogP) is -0.555. The molecule has 0 fully saturated rings. The van der Waals surface area contributed by atoms with Crippen molar-refractivity contribution in [3.05, 3.63) is 84.4 Å². The van der Waals surface area contributed by atoms with Crippen LogP contribution in [0, 0.1) is 0 Å². The van der Waals surface area contributed by atoms with Crippen molar-refractivity contribution >= 4 is 27.0 Å². The zero-order valence-electron chi connectivity index (χ0n) is 15.6. The summed E-state index contributed by atoms with van der Waals surface area (Å²) in [5.41, 5.74) is 1.43. The maximum atomic E-state index is 8.44. The van der Waals surface area contributed by atoms with E-state index in [-0.39, 0.29) is 36.9 Å². The van der Waals surface area contributed by atoms with Crippen LogP contribution in [0.4, 0.5) is 0 Å². The number of rotatable bonds is 2. The van der Waals surface area contributed by atoms with Gasteiger partial charge in [-0.05, 0) is 6.42 Å². The van der Waals surface area contributed by atoms with Crippen LogP contribution in [0.1, 0.15) is 5.56 Å². The Kier molecular flexibility index (Phi) is 13.9. The molecule has 27 heavy (non-hydrogen) atoms. The minimum atomic E-state index is 0. The molecule has 1 N–H and O–H groups in total. The minimum absolute atomic E-state index is 0. The van der Waals surface area contributed by atoms with Gasteiger partial charge in [-0.1, -0.05) is 36.4 Å². The summed E-state index contributed by atoms with van der Waals surface area (Å²) < 4.78 is 0. The van der Waals surface area contributed by atoms with E-state index in [0.29, 0.717) is 0 Å². The summed E-state index contributed by atoms with van der Waals surface area (Å²) in [5, 5.41) is 13.8. The van der Waals surface area contributed by atoms with Gasteiger partial charge in [-0.3, -0.25) is 0 Å².